The smallest absolute Gasteiger partial charge is 0.331 e. The lowest BCUT2D eigenvalue weighted by molar-refractivity contribution is -0.0709. The van der Waals surface area contributed by atoms with Crippen LogP contribution in [-0.2, 0) is 40.2 Å². The molecule has 11 N–H and O–H groups in total. The highest BCUT2D eigenvalue weighted by atomic mass is 31.2. The van der Waals surface area contributed by atoms with Crippen LogP contribution in [0, 0.1) is 5.41 Å². The SMILES string of the molecule is C=C1N=C(N(C)C)C=CN1C1OC(CCP(=C)(C)C)[C@@H](O)[C@H]1O.C=C1N=C(N(C)C)C=CN1C1OC(CCP(=C)(C)C)[C@@H](O)[C@H]1OC.C=C1NC(=NC)C=CN1C1OC(CCP(=C)(C)C)[C@@H](O)[C@H]1O.C=C1NC(=NC)C=CN1C1OC(CCP(=C)(C)C)[C@@H](O)[C@H]1OC.C=P(C)(C)CCC1OC(n2ccc(=N)n(C)c2=O)[C@H](O)[C@@H]1O. The Labute approximate surface area is 677 Å². The molecule has 644 valence electrons. The van der Waals surface area contributed by atoms with Gasteiger partial charge in [-0.15, -0.1) is 65.9 Å². The Hall–Kier alpha value is -5.42. The van der Waals surface area contributed by atoms with E-state index in [0.717, 1.165) is 65.7 Å². The zero-order valence-electron chi connectivity index (χ0n) is 70.7. The van der Waals surface area contributed by atoms with E-state index in [0.29, 0.717) is 48.4 Å². The van der Waals surface area contributed by atoms with Crippen LogP contribution in [0.2, 0.25) is 0 Å². The second kappa shape index (κ2) is 41.5. The Balaban J connectivity index is 0.000000222. The molecule has 9 aliphatic heterocycles. The van der Waals surface area contributed by atoms with Crippen molar-refractivity contribution in [2.75, 3.05) is 154 Å². The minimum atomic E-state index is -1.25. The van der Waals surface area contributed by atoms with Crippen molar-refractivity contribution in [2.45, 2.75) is 155 Å². The molecule has 10 rings (SSSR count). The molecule has 0 aliphatic carbocycles. The standard InChI is InChI=1S/C17H30N3O3P.2C16H28N3O3P.C15H26N3O3P.C14H24N3O4P/c1-12-18-14(19(2)3)8-10-20(12)17-16(22-4)15(21)13(23-17)9-11-24(5,6)7;1-11-17-13(18(2)3)7-9-19(11)16-15(21)14(20)12(22-16)8-10-23(4,5)6;1-11-18-13(17-2)7-9-19(11)16-15(21-3)14(20)12(22-16)8-10-23(4,5)6;1-10-17-12(16-2)6-8-18(10)15-14(20)13(19)11(21-15)7-9-22(3,4)5;1-16-10(15)5-7-17(14(16)20)13-12(19)11(18)9(21-13)6-8-22(2,3)4/h8,10,13,15-17,21H,1,5,9,11H2,2-4,6-7H3;7,9,12,14-16,20-21H,1,4,8,10H2,2-3,5-6H3;7,9,12,14-16,20H,1,4,8,10H2,2-3,5-6H3,(H,17,18);6,8,11,13-15,19-20H,1,3,7,9H2,2,4-5H3,(H,16,17);5,7,9,11-13,15,18-19H,2,6,8H2,1,3-4H3/t13?,15-,16-,17?;2*12?,14-,15-,16?;11?,13-,14-,15?;9?,11-,12-,13?/m11111/s1. The van der Waals surface area contributed by atoms with E-state index in [1.807, 2.05) is 78.4 Å². The van der Waals surface area contributed by atoms with Crippen molar-refractivity contribution in [3.05, 3.63) is 127 Å². The fourth-order valence-electron chi connectivity index (χ4n) is 13.3. The zero-order valence-corrected chi connectivity index (χ0v) is 75.2. The molecule has 0 aromatic carbocycles. The van der Waals surface area contributed by atoms with E-state index in [1.54, 1.807) is 56.6 Å². The van der Waals surface area contributed by atoms with Gasteiger partial charge in [-0.3, -0.25) is 24.5 Å². The van der Waals surface area contributed by atoms with E-state index in [2.05, 4.69) is 155 Å². The Kier molecular flexibility index (Phi) is 35.5. The number of ether oxygens (including phenoxy) is 7. The number of aromatic nitrogens is 2. The number of nitrogens with zero attached hydrogens (tertiary/aromatic N) is 12. The van der Waals surface area contributed by atoms with Gasteiger partial charge in [-0.2, -0.15) is 0 Å². The fraction of sp³-hybridized carbons (Fsp3) is 0.628. The normalized spacial score (nSPS) is 31.7. The summed E-state index contributed by atoms with van der Waals surface area (Å²) in [6, 6.07) is 1.45. The number of aliphatic hydroxyl groups is 8. The van der Waals surface area contributed by atoms with Crippen LogP contribution in [0.3, 0.4) is 0 Å². The van der Waals surface area contributed by atoms with Gasteiger partial charge in [0.2, 0.25) is 0 Å². The highest BCUT2D eigenvalue weighted by Crippen LogP contribution is 2.44. The monoisotopic (exact) mass is 1690 g/mol. The first-order valence-corrected chi connectivity index (χ1v) is 53.2. The third-order valence-electron chi connectivity index (χ3n) is 20.1. The molecule has 9 aliphatic rings. The van der Waals surface area contributed by atoms with E-state index in [9.17, 15) is 45.6 Å². The highest BCUT2D eigenvalue weighted by Gasteiger charge is 2.51. The van der Waals surface area contributed by atoms with Crippen molar-refractivity contribution >= 4 is 89.3 Å². The summed E-state index contributed by atoms with van der Waals surface area (Å²) >= 11 is 0. The van der Waals surface area contributed by atoms with Gasteiger partial charge in [-0.1, -0.05) is 26.3 Å². The lowest BCUT2D eigenvalue weighted by atomic mass is 10.1. The highest BCUT2D eigenvalue weighted by molar-refractivity contribution is 7.73. The maximum absolute atomic E-state index is 12.2. The van der Waals surface area contributed by atoms with E-state index in [-0.39, 0.29) is 23.8 Å². The summed E-state index contributed by atoms with van der Waals surface area (Å²) in [5.74, 6) is 5.30. The van der Waals surface area contributed by atoms with Crippen molar-refractivity contribution in [1.29, 1.82) is 5.41 Å². The molecule has 5 fully saturated rings. The Morgan fingerprint density at radius 1 is 0.465 bits per heavy atom. The van der Waals surface area contributed by atoms with E-state index < -0.39 is 145 Å². The number of likely N-dealkylation sites (N-methyl/N-ethyl adjacent to an activating group) is 2. The second-order valence-electron chi connectivity index (χ2n) is 33.7. The first-order valence-electron chi connectivity index (χ1n) is 37.9. The van der Waals surface area contributed by atoms with Crippen molar-refractivity contribution in [1.82, 2.24) is 49.2 Å². The van der Waals surface area contributed by atoms with Gasteiger partial charge in [0.1, 0.15) is 113 Å². The Bertz CT molecular complexity index is 4150. The molecule has 1 aromatic rings. The molecular weight excluding hydrogens is 1560 g/mol. The molecule has 5 saturated heterocycles. The van der Waals surface area contributed by atoms with E-state index in [1.165, 1.54) is 23.9 Å². The molecule has 0 radical (unpaired) electrons. The van der Waals surface area contributed by atoms with Crippen molar-refractivity contribution in [2.24, 2.45) is 27.0 Å². The van der Waals surface area contributed by atoms with Gasteiger partial charge < -0.3 is 114 Å². The maximum atomic E-state index is 12.2. The third kappa shape index (κ3) is 27.0. The quantitative estimate of drug-likeness (QED) is 0.0743. The predicted molar refractivity (Wildman–Crippen MR) is 476 cm³/mol. The van der Waals surface area contributed by atoms with Gasteiger partial charge in [-0.25, -0.2) is 14.8 Å². The lowest BCUT2D eigenvalue weighted by Gasteiger charge is -2.34. The van der Waals surface area contributed by atoms with Crippen LogP contribution < -0.4 is 21.8 Å². The van der Waals surface area contributed by atoms with Gasteiger partial charge in [0.15, 0.2) is 31.1 Å². The molecule has 0 saturated carbocycles. The fourth-order valence-corrected chi connectivity index (χ4v) is 18.0. The summed E-state index contributed by atoms with van der Waals surface area (Å²) in [6.07, 6.45) is 31.9. The average Bonchev–Trinajstić information content (AvgIpc) is 1.66. The first kappa shape index (κ1) is 97.4. The van der Waals surface area contributed by atoms with Gasteiger partial charge in [0, 0.05) is 94.5 Å². The van der Waals surface area contributed by atoms with Crippen LogP contribution in [0.1, 0.15) is 38.3 Å². The van der Waals surface area contributed by atoms with Crippen LogP contribution in [0.15, 0.2) is 136 Å². The number of hydrogen-bond donors (Lipinski definition) is 11. The first-order chi connectivity index (χ1) is 52.8. The summed E-state index contributed by atoms with van der Waals surface area (Å²) in [5, 5.41) is 96.3. The number of nitrogens with one attached hydrogen (secondary N) is 3. The molecule has 20 atom stereocenters. The molecule has 0 bridgehead atoms. The molecule has 0 spiro atoms. The molecule has 114 heavy (non-hydrogen) atoms. The Morgan fingerprint density at radius 3 is 1.05 bits per heavy atom. The minimum absolute atomic E-state index is 0.0643. The molecule has 36 heteroatoms. The van der Waals surface area contributed by atoms with Crippen molar-refractivity contribution in [3.63, 3.8) is 0 Å². The third-order valence-corrected chi connectivity index (χ3v) is 27.5. The van der Waals surface area contributed by atoms with Crippen molar-refractivity contribution in [3.8, 4) is 0 Å². The predicted octanol–water partition coefficient (Wildman–Crippen LogP) is 3.18. The van der Waals surface area contributed by atoms with Gasteiger partial charge in [0.05, 0.1) is 30.5 Å². The van der Waals surface area contributed by atoms with Crippen molar-refractivity contribution < 1.29 is 74.0 Å². The molecule has 10 unspecified atom stereocenters. The summed E-state index contributed by atoms with van der Waals surface area (Å²) in [7, 11) is 15.7. The minimum Gasteiger partial charge on any atom is -0.388 e. The van der Waals surface area contributed by atoms with E-state index in [4.69, 9.17) is 38.6 Å². The molecule has 1 aromatic heterocycles. The van der Waals surface area contributed by atoms with Gasteiger partial charge in [0.25, 0.3) is 0 Å². The van der Waals surface area contributed by atoms with Crippen LogP contribution in [0.4, 0.5) is 0 Å². The number of aliphatic hydroxyl groups excluding tert-OH is 8. The zero-order chi connectivity index (χ0) is 85.8. The summed E-state index contributed by atoms with van der Waals surface area (Å²) in [6.45, 7) is 31.4. The Morgan fingerprint density at radius 2 is 0.746 bits per heavy atom. The molecule has 0 amide bonds. The maximum Gasteiger partial charge on any atom is 0.331 e. The van der Waals surface area contributed by atoms with Gasteiger partial charge >= 0.3 is 5.69 Å². The number of amidine groups is 4. The largest absolute Gasteiger partial charge is 0.388 e. The molecular formula is C78H136N15O16P5. The number of rotatable bonds is 22. The topological polar surface area (TPSA) is 370 Å². The molecule has 31 nitrogen and oxygen atoms in total. The van der Waals surface area contributed by atoms with E-state index >= 15 is 0 Å². The second-order valence-corrected chi connectivity index (χ2v) is 55.2. The summed E-state index contributed by atoms with van der Waals surface area (Å²) in [5.41, 5.74) is -0.399. The number of hydrogen-bond acceptors (Lipinski definition) is 27. The lowest BCUT2D eigenvalue weighted by Crippen LogP contribution is -2.47. The summed E-state index contributed by atoms with van der Waals surface area (Å²) < 4.78 is 43.1. The van der Waals surface area contributed by atoms with Crippen LogP contribution in [0.25, 0.3) is 0 Å². The van der Waals surface area contributed by atoms with Crippen LogP contribution >= 0.6 is 34.4 Å². The van der Waals surface area contributed by atoms with Crippen LogP contribution in [-0.4, -0.2) is 405 Å². The van der Waals surface area contributed by atoms with Crippen LogP contribution in [0.5, 0.6) is 0 Å². The number of methoxy groups -OCH3 is 2. The summed E-state index contributed by atoms with van der Waals surface area (Å²) in [4.78, 5) is 40.0. The number of aliphatic imine (C=N–C) groups is 4. The average molecular weight is 1690 g/mol. The molecule has 10 heterocycles. The van der Waals surface area contributed by atoms with Gasteiger partial charge in [-0.05, 0) is 160 Å².